The molecule has 6 heteroatoms. The molecule has 0 radical (unpaired) electrons. The topological polar surface area (TPSA) is 72.2 Å². The van der Waals surface area contributed by atoms with Crippen LogP contribution in [0.5, 0.6) is 0 Å². The van der Waals surface area contributed by atoms with Gasteiger partial charge in [-0.15, -0.1) is 12.4 Å². The molecule has 0 fully saturated rings. The molecule has 0 bridgehead atoms. The number of hydrogen-bond acceptors (Lipinski definition) is 3. The molecule has 24 heavy (non-hydrogen) atoms. The number of nitrogens with one attached hydrogen (secondary N) is 1. The minimum Gasteiger partial charge on any atom is -0.324 e. The van der Waals surface area contributed by atoms with E-state index in [0.29, 0.717) is 12.2 Å². The lowest BCUT2D eigenvalue weighted by Gasteiger charge is -2.15. The van der Waals surface area contributed by atoms with Gasteiger partial charge in [0.15, 0.2) is 0 Å². The summed E-state index contributed by atoms with van der Waals surface area (Å²) in [5, 5.41) is 2.88. The van der Waals surface area contributed by atoms with Gasteiger partial charge in [0.05, 0.1) is 6.04 Å². The second-order valence-corrected chi connectivity index (χ2v) is 7.03. The van der Waals surface area contributed by atoms with Crippen LogP contribution >= 0.6 is 12.4 Å². The Balaban J connectivity index is 0.00000288. The first kappa shape index (κ1) is 20.4. The highest BCUT2D eigenvalue weighted by atomic mass is 35.5. The van der Waals surface area contributed by atoms with Crippen molar-refractivity contribution >= 4 is 34.8 Å². The van der Waals surface area contributed by atoms with Gasteiger partial charge in [0, 0.05) is 28.5 Å². The maximum atomic E-state index is 12.3. The Morgan fingerprint density at radius 1 is 1.17 bits per heavy atom. The maximum absolute atomic E-state index is 12.3. The van der Waals surface area contributed by atoms with Crippen molar-refractivity contribution in [2.75, 3.05) is 11.6 Å². The first-order valence-corrected chi connectivity index (χ1v) is 9.19. The zero-order chi connectivity index (χ0) is 16.8. The summed E-state index contributed by atoms with van der Waals surface area (Å²) in [6, 6.07) is 14.7. The van der Waals surface area contributed by atoms with E-state index >= 15 is 0 Å². The summed E-state index contributed by atoms with van der Waals surface area (Å²) < 4.78 is 11.4. The summed E-state index contributed by atoms with van der Waals surface area (Å²) in [4.78, 5) is 12.3. The molecule has 2 aromatic carbocycles. The average molecular weight is 367 g/mol. The van der Waals surface area contributed by atoms with Crippen molar-refractivity contribution in [2.24, 2.45) is 5.73 Å². The summed E-state index contributed by atoms with van der Waals surface area (Å²) in [6.45, 7) is 1.92. The minimum absolute atomic E-state index is 0. The number of benzene rings is 2. The van der Waals surface area contributed by atoms with E-state index in [1.165, 1.54) is 0 Å². The summed E-state index contributed by atoms with van der Waals surface area (Å²) in [6.07, 6.45) is 2.16. The number of amides is 1. The fourth-order valence-corrected chi connectivity index (χ4v) is 3.13. The number of rotatable bonds is 6. The van der Waals surface area contributed by atoms with Crippen molar-refractivity contribution in [3.05, 3.63) is 65.2 Å². The third-order valence-electron chi connectivity index (χ3n) is 3.70. The number of halogens is 1. The van der Waals surface area contributed by atoms with Crippen molar-refractivity contribution in [3.8, 4) is 0 Å². The van der Waals surface area contributed by atoms with Crippen molar-refractivity contribution in [1.82, 2.24) is 0 Å². The van der Waals surface area contributed by atoms with E-state index < -0.39 is 16.8 Å². The number of hydrogen-bond donors (Lipinski definition) is 2. The second kappa shape index (κ2) is 9.57. The van der Waals surface area contributed by atoms with Gasteiger partial charge in [0.1, 0.15) is 0 Å². The van der Waals surface area contributed by atoms with Crippen molar-refractivity contribution in [2.45, 2.75) is 25.1 Å². The Kier molecular flexibility index (Phi) is 8.11. The summed E-state index contributed by atoms with van der Waals surface area (Å²) in [5.41, 5.74) is 9.66. The zero-order valence-electron chi connectivity index (χ0n) is 13.8. The van der Waals surface area contributed by atoms with E-state index in [2.05, 4.69) is 5.32 Å². The van der Waals surface area contributed by atoms with Crippen molar-refractivity contribution in [1.29, 1.82) is 0 Å². The Morgan fingerprint density at radius 3 is 2.46 bits per heavy atom. The normalized spacial score (nSPS) is 12.8. The lowest BCUT2D eigenvalue weighted by atomic mass is 10.0. The van der Waals surface area contributed by atoms with Crippen LogP contribution in [0.4, 0.5) is 5.69 Å². The van der Waals surface area contributed by atoms with E-state index in [-0.39, 0.29) is 18.3 Å². The minimum atomic E-state index is -0.920. The van der Waals surface area contributed by atoms with Gasteiger partial charge in [-0.05, 0) is 36.1 Å². The van der Waals surface area contributed by atoms with Crippen LogP contribution < -0.4 is 11.1 Å². The quantitative estimate of drug-likeness (QED) is 0.825. The standard InChI is InChI=1S/C18H22N2O2S.ClH/c1-13-15(12-23(2)22)9-6-10-17(13)20-18(21)16(19)11-14-7-4-3-5-8-14;/h3-10,16H,11-12,19H2,1-2H3,(H,20,21);1H/t16-,23?;/m0./s1. The summed E-state index contributed by atoms with van der Waals surface area (Å²) >= 11 is 0. The fourth-order valence-electron chi connectivity index (χ4n) is 2.38. The number of carbonyl (C=O) groups is 1. The molecular weight excluding hydrogens is 344 g/mol. The highest BCUT2D eigenvalue weighted by molar-refractivity contribution is 7.83. The van der Waals surface area contributed by atoms with Crippen LogP contribution in [0.15, 0.2) is 48.5 Å². The lowest BCUT2D eigenvalue weighted by Crippen LogP contribution is -2.37. The molecule has 1 amide bonds. The van der Waals surface area contributed by atoms with Gasteiger partial charge in [-0.25, -0.2) is 0 Å². The molecule has 0 saturated carbocycles. The van der Waals surface area contributed by atoms with Crippen LogP contribution in [0.2, 0.25) is 0 Å². The zero-order valence-corrected chi connectivity index (χ0v) is 15.5. The van der Waals surface area contributed by atoms with Gasteiger partial charge in [0.2, 0.25) is 5.91 Å². The lowest BCUT2D eigenvalue weighted by molar-refractivity contribution is -0.117. The molecule has 0 aromatic heterocycles. The van der Waals surface area contributed by atoms with Crippen molar-refractivity contribution < 1.29 is 9.00 Å². The van der Waals surface area contributed by atoms with Gasteiger partial charge in [0.25, 0.3) is 0 Å². The Labute approximate surface area is 151 Å². The molecule has 1 unspecified atom stereocenters. The molecule has 0 saturated heterocycles. The fraction of sp³-hybridized carbons (Fsp3) is 0.278. The molecule has 0 aliphatic heterocycles. The van der Waals surface area contributed by atoms with Crippen LogP contribution in [0.1, 0.15) is 16.7 Å². The molecule has 3 N–H and O–H groups in total. The highest BCUT2D eigenvalue weighted by Crippen LogP contribution is 2.20. The number of nitrogens with two attached hydrogens (primary N) is 1. The predicted molar refractivity (Wildman–Crippen MR) is 103 cm³/mol. The van der Waals surface area contributed by atoms with E-state index in [9.17, 15) is 9.00 Å². The highest BCUT2D eigenvalue weighted by Gasteiger charge is 2.16. The van der Waals surface area contributed by atoms with Gasteiger partial charge >= 0.3 is 0 Å². The SMILES string of the molecule is Cc1c(CS(C)=O)cccc1NC(=O)[C@@H](N)Cc1ccccc1.Cl. The molecule has 0 spiro atoms. The smallest absolute Gasteiger partial charge is 0.241 e. The third kappa shape index (κ3) is 5.74. The first-order valence-electron chi connectivity index (χ1n) is 7.46. The van der Waals surface area contributed by atoms with E-state index in [1.54, 1.807) is 6.26 Å². The van der Waals surface area contributed by atoms with Gasteiger partial charge in [-0.2, -0.15) is 0 Å². The maximum Gasteiger partial charge on any atom is 0.241 e. The largest absolute Gasteiger partial charge is 0.324 e. The Hall–Kier alpha value is -1.69. The molecule has 2 rings (SSSR count). The molecule has 0 aliphatic carbocycles. The Bertz CT molecular complexity index is 707. The first-order chi connectivity index (χ1) is 11.0. The summed E-state index contributed by atoms with van der Waals surface area (Å²) in [7, 11) is -0.920. The molecule has 2 atom stereocenters. The van der Waals surface area contributed by atoms with Crippen molar-refractivity contribution in [3.63, 3.8) is 0 Å². The van der Waals surface area contributed by atoms with Crippen LogP contribution in [0.25, 0.3) is 0 Å². The van der Waals surface area contributed by atoms with Gasteiger partial charge < -0.3 is 11.1 Å². The summed E-state index contributed by atoms with van der Waals surface area (Å²) in [5.74, 6) is 0.262. The third-order valence-corrected chi connectivity index (χ3v) is 4.42. The molecular formula is C18H23ClN2O2S. The molecule has 130 valence electrons. The van der Waals surface area contributed by atoms with Gasteiger partial charge in [-0.3, -0.25) is 9.00 Å². The van der Waals surface area contributed by atoms with Gasteiger partial charge in [-0.1, -0.05) is 42.5 Å². The monoisotopic (exact) mass is 366 g/mol. The van der Waals surface area contributed by atoms with Crippen LogP contribution in [-0.4, -0.2) is 22.4 Å². The van der Waals surface area contributed by atoms with Crippen LogP contribution in [-0.2, 0) is 27.8 Å². The number of carbonyl (C=O) groups excluding carboxylic acids is 1. The number of anilines is 1. The van der Waals surface area contributed by atoms with Crippen LogP contribution in [0, 0.1) is 6.92 Å². The predicted octanol–water partition coefficient (Wildman–Crippen LogP) is 2.80. The Morgan fingerprint density at radius 2 is 1.83 bits per heavy atom. The average Bonchev–Trinajstić information content (AvgIpc) is 2.51. The molecule has 2 aromatic rings. The molecule has 0 heterocycles. The van der Waals surface area contributed by atoms with E-state index in [4.69, 9.17) is 5.73 Å². The van der Waals surface area contributed by atoms with E-state index in [1.807, 2.05) is 55.5 Å². The second-order valence-electron chi connectivity index (χ2n) is 5.59. The molecule has 0 aliphatic rings. The molecule has 4 nitrogen and oxygen atoms in total. The van der Waals surface area contributed by atoms with Crippen LogP contribution in [0.3, 0.4) is 0 Å². The van der Waals surface area contributed by atoms with E-state index in [0.717, 1.165) is 22.4 Å².